The number of benzene rings is 2. The third-order valence-corrected chi connectivity index (χ3v) is 8.05. The molecule has 2 aromatic carbocycles. The Morgan fingerprint density at radius 3 is 2.62 bits per heavy atom. The summed E-state index contributed by atoms with van der Waals surface area (Å²) in [4.78, 5) is 47.6. The Morgan fingerprint density at radius 2 is 1.89 bits per heavy atom. The van der Waals surface area contributed by atoms with E-state index in [0.717, 1.165) is 24.1 Å². The highest BCUT2D eigenvalue weighted by molar-refractivity contribution is 6.42. The molecule has 194 valence electrons. The van der Waals surface area contributed by atoms with Gasteiger partial charge >= 0.3 is 12.0 Å². The Labute approximate surface area is 225 Å². The Bertz CT molecular complexity index is 1320. The summed E-state index contributed by atoms with van der Waals surface area (Å²) in [6.45, 7) is 0.0745. The second kappa shape index (κ2) is 9.87. The topological polar surface area (TPSA) is 94.5 Å². The van der Waals surface area contributed by atoms with Crippen LogP contribution in [-0.4, -0.2) is 72.0 Å². The Hall–Kier alpha value is -3.30. The molecule has 0 bridgehead atoms. The predicted octanol–water partition coefficient (Wildman–Crippen LogP) is 4.09. The summed E-state index contributed by atoms with van der Waals surface area (Å²) in [7, 11) is 4.82. The summed E-state index contributed by atoms with van der Waals surface area (Å²) in [6.07, 6.45) is 1.50. The first-order valence-electron chi connectivity index (χ1n) is 12.0. The Balaban J connectivity index is 1.34. The van der Waals surface area contributed by atoms with Gasteiger partial charge in [-0.3, -0.25) is 14.5 Å². The number of methoxy groups -OCH3 is 1. The number of esters is 1. The summed E-state index contributed by atoms with van der Waals surface area (Å²) >= 11 is 12.1. The number of hydrogen-bond donors (Lipinski definition) is 1. The molecule has 3 amide bonds. The second-order valence-corrected chi connectivity index (χ2v) is 10.4. The van der Waals surface area contributed by atoms with Crippen LogP contribution in [0.2, 0.25) is 10.0 Å². The number of hydrogen-bond acceptors (Lipinski definition) is 7. The minimum absolute atomic E-state index is 0.0745. The van der Waals surface area contributed by atoms with E-state index in [0.29, 0.717) is 28.0 Å². The monoisotopic (exact) mass is 543 g/mol. The van der Waals surface area contributed by atoms with Crippen LogP contribution in [-0.2, 0) is 27.3 Å². The molecule has 1 N–H and O–H groups in total. The number of fused-ring (bicyclic) bond motifs is 2. The summed E-state index contributed by atoms with van der Waals surface area (Å²) in [5.41, 5.74) is 3.83. The normalized spacial score (nSPS) is 22.7. The lowest BCUT2D eigenvalue weighted by Gasteiger charge is -2.40. The van der Waals surface area contributed by atoms with E-state index in [4.69, 9.17) is 27.9 Å². The van der Waals surface area contributed by atoms with E-state index in [2.05, 4.69) is 16.4 Å². The van der Waals surface area contributed by atoms with E-state index in [-0.39, 0.29) is 24.3 Å². The Morgan fingerprint density at radius 1 is 1.11 bits per heavy atom. The fraction of sp³-hybridized carbons (Fsp3) is 0.385. The number of halogens is 2. The van der Waals surface area contributed by atoms with Crippen LogP contribution in [0.4, 0.5) is 10.5 Å². The number of nitrogens with zero attached hydrogens (tertiary/aromatic N) is 4. The molecule has 5 rings (SSSR count). The van der Waals surface area contributed by atoms with Crippen LogP contribution in [0.3, 0.4) is 0 Å². The Kier molecular flexibility index (Phi) is 6.76. The number of urea groups is 1. The van der Waals surface area contributed by atoms with E-state index >= 15 is 0 Å². The van der Waals surface area contributed by atoms with Crippen molar-refractivity contribution in [2.45, 2.75) is 43.9 Å². The van der Waals surface area contributed by atoms with Crippen LogP contribution in [0.5, 0.6) is 0 Å². The number of anilines is 1. The van der Waals surface area contributed by atoms with E-state index in [9.17, 15) is 14.4 Å². The average Bonchev–Trinajstić information content (AvgIpc) is 3.43. The fourth-order valence-corrected chi connectivity index (χ4v) is 5.57. The SMILES string of the molecule is COC(=O)CC1CCc2ccc(NC3=NC4C(C(=O)N(Cc5ccc(Cl)c(Cl)c5)C(=O)N4C)N3C)cc21. The summed E-state index contributed by atoms with van der Waals surface area (Å²) in [5.74, 6) is 0.0308. The predicted molar refractivity (Wildman–Crippen MR) is 141 cm³/mol. The summed E-state index contributed by atoms with van der Waals surface area (Å²) in [6, 6.07) is 9.98. The molecule has 3 atom stereocenters. The van der Waals surface area contributed by atoms with Gasteiger partial charge in [-0.15, -0.1) is 0 Å². The van der Waals surface area contributed by atoms with Crippen LogP contribution in [0.15, 0.2) is 41.4 Å². The van der Waals surface area contributed by atoms with Crippen molar-refractivity contribution >= 4 is 52.8 Å². The number of imide groups is 1. The van der Waals surface area contributed by atoms with Crippen molar-refractivity contribution in [2.24, 2.45) is 4.99 Å². The molecule has 37 heavy (non-hydrogen) atoms. The first-order valence-corrected chi connectivity index (χ1v) is 12.7. The summed E-state index contributed by atoms with van der Waals surface area (Å²) in [5, 5.41) is 4.08. The maximum Gasteiger partial charge on any atom is 0.328 e. The third-order valence-electron chi connectivity index (χ3n) is 7.31. The van der Waals surface area contributed by atoms with Gasteiger partial charge < -0.3 is 19.9 Å². The number of rotatable bonds is 5. The molecule has 2 aliphatic heterocycles. The zero-order valence-corrected chi connectivity index (χ0v) is 22.2. The minimum atomic E-state index is -0.672. The van der Waals surface area contributed by atoms with Crippen LogP contribution in [0.1, 0.15) is 35.4 Å². The van der Waals surface area contributed by atoms with Crippen LogP contribution in [0.25, 0.3) is 0 Å². The summed E-state index contributed by atoms with van der Waals surface area (Å²) < 4.78 is 4.86. The maximum atomic E-state index is 13.5. The lowest BCUT2D eigenvalue weighted by Crippen LogP contribution is -2.64. The molecule has 2 aromatic rings. The highest BCUT2D eigenvalue weighted by Gasteiger charge is 2.51. The molecule has 0 saturated carbocycles. The standard InChI is InChI=1S/C26H27Cl2N5O4/c1-31-22-23(32(2)26(36)33(24(22)35)13-14-4-9-19(27)20(28)10-14)30-25(31)29-17-8-7-15-5-6-16(18(15)12-17)11-21(34)37-3/h4,7-10,12,16,22-23H,5-6,11,13H2,1-3H3,(H,29,30). The lowest BCUT2D eigenvalue weighted by atomic mass is 9.97. The molecular formula is C26H27Cl2N5O4. The zero-order valence-electron chi connectivity index (χ0n) is 20.7. The minimum Gasteiger partial charge on any atom is -0.469 e. The van der Waals surface area contributed by atoms with Crippen molar-refractivity contribution < 1.29 is 19.1 Å². The van der Waals surface area contributed by atoms with Crippen molar-refractivity contribution in [2.75, 3.05) is 26.5 Å². The fourth-order valence-electron chi connectivity index (χ4n) is 5.25. The van der Waals surface area contributed by atoms with Gasteiger partial charge in [0.2, 0.25) is 5.96 Å². The van der Waals surface area contributed by atoms with E-state index in [1.54, 1.807) is 37.2 Å². The van der Waals surface area contributed by atoms with Gasteiger partial charge in [-0.05, 0) is 59.7 Å². The van der Waals surface area contributed by atoms with Gasteiger partial charge in [-0.2, -0.15) is 0 Å². The van der Waals surface area contributed by atoms with Crippen molar-refractivity contribution in [3.05, 3.63) is 63.1 Å². The van der Waals surface area contributed by atoms with Crippen LogP contribution < -0.4 is 5.32 Å². The number of aliphatic imine (C=N–C) groups is 1. The van der Waals surface area contributed by atoms with Gasteiger partial charge in [-0.25, -0.2) is 9.79 Å². The van der Waals surface area contributed by atoms with Gasteiger partial charge in [0.25, 0.3) is 5.91 Å². The first-order chi connectivity index (χ1) is 17.7. The van der Waals surface area contributed by atoms with Crippen molar-refractivity contribution in [3.8, 4) is 0 Å². The van der Waals surface area contributed by atoms with E-state index < -0.39 is 18.2 Å². The van der Waals surface area contributed by atoms with Crippen molar-refractivity contribution in [3.63, 3.8) is 0 Å². The smallest absolute Gasteiger partial charge is 0.328 e. The van der Waals surface area contributed by atoms with E-state index in [1.165, 1.54) is 22.5 Å². The average molecular weight is 544 g/mol. The number of likely N-dealkylation sites (N-methyl/N-ethyl adjacent to an activating group) is 2. The molecule has 3 aliphatic rings. The molecule has 3 unspecified atom stereocenters. The zero-order chi connectivity index (χ0) is 26.4. The molecule has 0 radical (unpaired) electrons. The van der Waals surface area contributed by atoms with Gasteiger partial charge in [0.1, 0.15) is 0 Å². The molecule has 1 fully saturated rings. The number of carbonyl (C=O) groups is 3. The maximum absolute atomic E-state index is 13.5. The molecular weight excluding hydrogens is 517 g/mol. The van der Waals surface area contributed by atoms with Crippen molar-refractivity contribution in [1.29, 1.82) is 0 Å². The number of amides is 3. The molecule has 1 saturated heterocycles. The highest BCUT2D eigenvalue weighted by Crippen LogP contribution is 2.38. The molecule has 9 nitrogen and oxygen atoms in total. The molecule has 11 heteroatoms. The second-order valence-electron chi connectivity index (χ2n) is 9.54. The van der Waals surface area contributed by atoms with Gasteiger partial charge in [0.05, 0.1) is 30.1 Å². The van der Waals surface area contributed by atoms with Gasteiger partial charge in [-0.1, -0.05) is 35.3 Å². The molecule has 1 aliphatic carbocycles. The number of guanidine groups is 1. The first kappa shape index (κ1) is 25.4. The number of aryl methyl sites for hydroxylation is 1. The van der Waals surface area contributed by atoms with Crippen molar-refractivity contribution in [1.82, 2.24) is 14.7 Å². The van der Waals surface area contributed by atoms with Crippen LogP contribution >= 0.6 is 23.2 Å². The molecule has 0 aromatic heterocycles. The lowest BCUT2D eigenvalue weighted by molar-refractivity contribution is -0.141. The van der Waals surface area contributed by atoms with Gasteiger partial charge in [0.15, 0.2) is 12.2 Å². The number of ether oxygens (including phenoxy) is 1. The molecule has 0 spiro atoms. The third kappa shape index (κ3) is 4.62. The van der Waals surface area contributed by atoms with Gasteiger partial charge in [0, 0.05) is 19.8 Å². The molecule has 2 heterocycles. The largest absolute Gasteiger partial charge is 0.469 e. The quantitative estimate of drug-likeness (QED) is 0.570. The van der Waals surface area contributed by atoms with Crippen LogP contribution in [0, 0.1) is 0 Å². The number of nitrogens with one attached hydrogen (secondary N) is 1. The highest BCUT2D eigenvalue weighted by atomic mass is 35.5. The number of carbonyl (C=O) groups excluding carboxylic acids is 3. The van der Waals surface area contributed by atoms with E-state index in [1.807, 2.05) is 12.1 Å².